The summed E-state index contributed by atoms with van der Waals surface area (Å²) in [6.07, 6.45) is 1.49. The smallest absolute Gasteiger partial charge is 0.344 e. The van der Waals surface area contributed by atoms with Crippen molar-refractivity contribution in [2.75, 3.05) is 19.8 Å². The number of carbonyl (C=O) groups is 4. The van der Waals surface area contributed by atoms with Crippen LogP contribution in [0.2, 0.25) is 0 Å². The fourth-order valence-electron chi connectivity index (χ4n) is 1.72. The summed E-state index contributed by atoms with van der Waals surface area (Å²) in [7, 11) is 0. The van der Waals surface area contributed by atoms with Crippen LogP contribution in [-0.4, -0.2) is 49.9 Å². The topological polar surface area (TPSA) is 111 Å². The van der Waals surface area contributed by atoms with Gasteiger partial charge in [-0.1, -0.05) is 6.92 Å². The summed E-state index contributed by atoms with van der Waals surface area (Å²) < 4.78 is 9.95. The van der Waals surface area contributed by atoms with E-state index < -0.39 is 24.5 Å². The zero-order valence-electron chi connectivity index (χ0n) is 14.2. The first-order valence-electron chi connectivity index (χ1n) is 7.87. The molecule has 8 nitrogen and oxygen atoms in total. The first-order valence-corrected chi connectivity index (χ1v) is 7.87. The minimum Gasteiger partial charge on any atom is -0.482 e. The summed E-state index contributed by atoms with van der Waals surface area (Å²) in [4.78, 5) is 45.3. The van der Waals surface area contributed by atoms with Crippen molar-refractivity contribution >= 4 is 24.1 Å². The number of rotatable bonds is 10. The van der Waals surface area contributed by atoms with Gasteiger partial charge in [0.05, 0.1) is 0 Å². The summed E-state index contributed by atoms with van der Waals surface area (Å²) in [5.74, 6) is -1.21. The van der Waals surface area contributed by atoms with Gasteiger partial charge >= 0.3 is 5.97 Å². The van der Waals surface area contributed by atoms with E-state index in [4.69, 9.17) is 9.47 Å². The molecule has 2 N–H and O–H groups in total. The number of ether oxygens (including phenoxy) is 2. The summed E-state index contributed by atoms with van der Waals surface area (Å²) in [5.41, 5.74) is 0.490. The van der Waals surface area contributed by atoms with Crippen LogP contribution in [-0.2, 0) is 19.1 Å². The molecule has 8 heteroatoms. The van der Waals surface area contributed by atoms with E-state index in [1.807, 2.05) is 6.92 Å². The second-order valence-electron chi connectivity index (χ2n) is 5.22. The van der Waals surface area contributed by atoms with E-state index in [-0.39, 0.29) is 12.5 Å². The highest BCUT2D eigenvalue weighted by atomic mass is 16.6. The van der Waals surface area contributed by atoms with E-state index in [2.05, 4.69) is 10.6 Å². The molecule has 136 valence electrons. The second kappa shape index (κ2) is 10.8. The normalized spacial score (nSPS) is 11.1. The van der Waals surface area contributed by atoms with Gasteiger partial charge < -0.3 is 20.1 Å². The van der Waals surface area contributed by atoms with Crippen LogP contribution >= 0.6 is 0 Å². The quantitative estimate of drug-likeness (QED) is 0.468. The molecular weight excluding hydrogens is 328 g/mol. The molecule has 0 fully saturated rings. The number of hydrogen-bond acceptors (Lipinski definition) is 6. The van der Waals surface area contributed by atoms with Crippen LogP contribution in [0.4, 0.5) is 0 Å². The molecule has 25 heavy (non-hydrogen) atoms. The van der Waals surface area contributed by atoms with Gasteiger partial charge in [0, 0.05) is 12.1 Å². The zero-order chi connectivity index (χ0) is 18.7. The Morgan fingerprint density at radius 1 is 1.16 bits per heavy atom. The van der Waals surface area contributed by atoms with Crippen LogP contribution in [0.5, 0.6) is 5.75 Å². The number of hydrogen-bond donors (Lipinski definition) is 2. The minimum absolute atomic E-state index is 0.302. The van der Waals surface area contributed by atoms with Crippen molar-refractivity contribution < 1.29 is 28.7 Å². The third-order valence-electron chi connectivity index (χ3n) is 3.06. The molecule has 0 aliphatic rings. The Balaban J connectivity index is 2.27. The molecule has 0 aliphatic carbocycles. The van der Waals surface area contributed by atoms with Gasteiger partial charge in [0.1, 0.15) is 18.1 Å². The number of benzene rings is 1. The van der Waals surface area contributed by atoms with Crippen LogP contribution in [0.3, 0.4) is 0 Å². The summed E-state index contributed by atoms with van der Waals surface area (Å²) >= 11 is 0. The van der Waals surface area contributed by atoms with E-state index >= 15 is 0 Å². The fraction of sp³-hybridized carbons (Fsp3) is 0.412. The van der Waals surface area contributed by atoms with Crippen LogP contribution < -0.4 is 15.4 Å². The van der Waals surface area contributed by atoms with E-state index in [0.717, 1.165) is 6.42 Å². The average molecular weight is 350 g/mol. The molecular formula is C17H22N2O6. The number of nitrogens with one attached hydrogen (secondary N) is 2. The van der Waals surface area contributed by atoms with Crippen LogP contribution in [0.25, 0.3) is 0 Å². The Labute approximate surface area is 145 Å². The predicted octanol–water partition coefficient (Wildman–Crippen LogP) is 0.452. The maximum Gasteiger partial charge on any atom is 0.344 e. The van der Waals surface area contributed by atoms with Gasteiger partial charge in [0.25, 0.3) is 5.91 Å². The van der Waals surface area contributed by atoms with E-state index in [9.17, 15) is 19.2 Å². The monoisotopic (exact) mass is 350 g/mol. The Hall–Kier alpha value is -2.90. The Bertz CT molecular complexity index is 600. The van der Waals surface area contributed by atoms with Crippen LogP contribution in [0, 0.1) is 0 Å². The fourth-order valence-corrected chi connectivity index (χ4v) is 1.72. The number of carbonyl (C=O) groups excluding carboxylic acids is 4. The molecule has 0 bridgehead atoms. The number of esters is 1. The van der Waals surface area contributed by atoms with E-state index in [0.29, 0.717) is 24.1 Å². The standard InChI is InChI=1S/C17H22N2O6/c1-3-8-18-17(23)12(2)19-15(21)10-25-16(22)11-24-14-6-4-13(9-20)5-7-14/h4-7,9,12H,3,8,10-11H2,1-2H3,(H,18,23)(H,19,21)/t12-/m1/s1. The molecule has 0 saturated carbocycles. The lowest BCUT2D eigenvalue weighted by atomic mass is 10.2. The van der Waals surface area contributed by atoms with Gasteiger partial charge in [-0.15, -0.1) is 0 Å². The molecule has 0 aromatic heterocycles. The van der Waals surface area contributed by atoms with Crippen molar-refractivity contribution in [1.82, 2.24) is 10.6 Å². The highest BCUT2D eigenvalue weighted by Gasteiger charge is 2.16. The maximum absolute atomic E-state index is 11.6. The maximum atomic E-state index is 11.6. The van der Waals surface area contributed by atoms with Crippen LogP contribution in [0.15, 0.2) is 24.3 Å². The van der Waals surface area contributed by atoms with Crippen molar-refractivity contribution in [1.29, 1.82) is 0 Å². The van der Waals surface area contributed by atoms with Crippen LogP contribution in [0.1, 0.15) is 30.6 Å². The number of amides is 2. The molecule has 0 radical (unpaired) electrons. The highest BCUT2D eigenvalue weighted by Crippen LogP contribution is 2.10. The predicted molar refractivity (Wildman–Crippen MR) is 89.2 cm³/mol. The molecule has 0 unspecified atom stereocenters. The Kier molecular flexibility index (Phi) is 8.70. The SMILES string of the molecule is CCCNC(=O)[C@@H](C)NC(=O)COC(=O)COc1ccc(C=O)cc1. The lowest BCUT2D eigenvalue weighted by molar-refractivity contribution is -0.150. The van der Waals surface area contributed by atoms with Gasteiger partial charge in [-0.05, 0) is 37.6 Å². The van der Waals surface area contributed by atoms with Gasteiger partial charge in [0.2, 0.25) is 5.91 Å². The van der Waals surface area contributed by atoms with E-state index in [1.165, 1.54) is 6.92 Å². The molecule has 1 rings (SSSR count). The largest absolute Gasteiger partial charge is 0.482 e. The average Bonchev–Trinajstić information content (AvgIpc) is 2.62. The molecule has 2 amide bonds. The second-order valence-corrected chi connectivity index (χ2v) is 5.22. The minimum atomic E-state index is -0.724. The summed E-state index contributed by atoms with van der Waals surface area (Å²) in [5, 5.41) is 5.07. The molecule has 1 aromatic carbocycles. The summed E-state index contributed by atoms with van der Waals surface area (Å²) in [6.45, 7) is 3.11. The molecule has 0 aliphatic heterocycles. The molecule has 0 spiro atoms. The highest BCUT2D eigenvalue weighted by molar-refractivity contribution is 5.88. The molecule has 0 heterocycles. The van der Waals surface area contributed by atoms with E-state index in [1.54, 1.807) is 24.3 Å². The first kappa shape index (κ1) is 20.1. The molecule has 0 saturated heterocycles. The van der Waals surface area contributed by atoms with Crippen molar-refractivity contribution in [3.63, 3.8) is 0 Å². The third kappa shape index (κ3) is 7.96. The lowest BCUT2D eigenvalue weighted by Crippen LogP contribution is -2.46. The lowest BCUT2D eigenvalue weighted by Gasteiger charge is -2.14. The number of aldehydes is 1. The Morgan fingerprint density at radius 2 is 1.84 bits per heavy atom. The van der Waals surface area contributed by atoms with Crippen molar-refractivity contribution in [3.8, 4) is 5.75 Å². The van der Waals surface area contributed by atoms with Crippen molar-refractivity contribution in [2.45, 2.75) is 26.3 Å². The third-order valence-corrected chi connectivity index (χ3v) is 3.06. The van der Waals surface area contributed by atoms with Crippen molar-refractivity contribution in [2.24, 2.45) is 0 Å². The van der Waals surface area contributed by atoms with Gasteiger partial charge in [-0.25, -0.2) is 4.79 Å². The van der Waals surface area contributed by atoms with Gasteiger partial charge in [-0.2, -0.15) is 0 Å². The van der Waals surface area contributed by atoms with Crippen molar-refractivity contribution in [3.05, 3.63) is 29.8 Å². The molecule has 1 atom stereocenters. The Morgan fingerprint density at radius 3 is 2.44 bits per heavy atom. The first-order chi connectivity index (χ1) is 12.0. The zero-order valence-corrected chi connectivity index (χ0v) is 14.2. The van der Waals surface area contributed by atoms with Gasteiger partial charge in [-0.3, -0.25) is 14.4 Å². The molecule has 1 aromatic rings. The van der Waals surface area contributed by atoms with Gasteiger partial charge in [0.15, 0.2) is 13.2 Å². The summed E-state index contributed by atoms with van der Waals surface area (Å²) in [6, 6.07) is 5.46.